The van der Waals surface area contributed by atoms with Crippen molar-refractivity contribution in [3.05, 3.63) is 82.1 Å². The van der Waals surface area contributed by atoms with Gasteiger partial charge in [-0.15, -0.1) is 0 Å². The van der Waals surface area contributed by atoms with Gasteiger partial charge in [-0.1, -0.05) is 35.9 Å². The normalized spacial score (nSPS) is 14.1. The van der Waals surface area contributed by atoms with Crippen molar-refractivity contribution >= 4 is 27.3 Å². The Hall–Kier alpha value is -2.89. The van der Waals surface area contributed by atoms with Crippen LogP contribution in [0, 0.1) is 0 Å². The van der Waals surface area contributed by atoms with Gasteiger partial charge in [0.15, 0.2) is 0 Å². The Morgan fingerprint density at radius 3 is 2.57 bits per heavy atom. The summed E-state index contributed by atoms with van der Waals surface area (Å²) in [5.74, 6) is -0.939. The third-order valence-corrected chi connectivity index (χ3v) is 7.72. The van der Waals surface area contributed by atoms with Crippen LogP contribution in [0.15, 0.2) is 59.9 Å². The van der Waals surface area contributed by atoms with Crippen molar-refractivity contribution in [2.75, 3.05) is 20.3 Å². The second-order valence-electron chi connectivity index (χ2n) is 8.82. The number of nitrogens with zero attached hydrogens (tertiary/aromatic N) is 3. The first-order valence-electron chi connectivity index (χ1n) is 11.5. The average Bonchev–Trinajstić information content (AvgIpc) is 3.59. The predicted octanol–water partition coefficient (Wildman–Crippen LogP) is 5.15. The summed E-state index contributed by atoms with van der Waals surface area (Å²) in [5, 5.41) is 0.188. The first-order valence-corrected chi connectivity index (χ1v) is 13.5. The van der Waals surface area contributed by atoms with Crippen LogP contribution in [0.5, 0.6) is 0 Å². The van der Waals surface area contributed by atoms with Crippen molar-refractivity contribution in [2.24, 2.45) is 0 Å². The summed E-state index contributed by atoms with van der Waals surface area (Å²) in [6.07, 6.45) is -1.71. The monoisotopic (exact) mass is 555 g/mol. The molecule has 1 aliphatic carbocycles. The largest absolute Gasteiger partial charge is 0.416 e. The van der Waals surface area contributed by atoms with E-state index in [1.54, 1.807) is 28.8 Å². The topological polar surface area (TPSA) is 81.5 Å². The minimum absolute atomic E-state index is 0.0135. The minimum atomic E-state index is -4.58. The van der Waals surface area contributed by atoms with Gasteiger partial charge in [-0.05, 0) is 42.7 Å². The van der Waals surface area contributed by atoms with E-state index in [9.17, 15) is 26.4 Å². The lowest BCUT2D eigenvalue weighted by atomic mass is 10.1. The molecule has 7 nitrogen and oxygen atoms in total. The van der Waals surface area contributed by atoms with Crippen molar-refractivity contribution < 1.29 is 31.1 Å². The summed E-state index contributed by atoms with van der Waals surface area (Å²) < 4.78 is 72.7. The molecule has 1 aliphatic rings. The Balaban J connectivity index is 1.63. The molecular formula is C25H25ClF3N3O4S. The number of amides is 1. The standard InChI is InChI=1S/C25H25ClF3N3O4S/c1-36-11-10-31(23(33)18-5-3-7-20(26)13-18)15-22-14-30-24(32(22)21-8-9-21)37(34,35)16-17-4-2-6-19(12-17)25(27,28)29/h2-7,12-14,21H,8-11,15-16H2,1H3. The number of carbonyl (C=O) groups excluding carboxylic acids is 1. The first kappa shape index (κ1) is 27.2. The lowest BCUT2D eigenvalue weighted by Crippen LogP contribution is -2.34. The second kappa shape index (κ2) is 10.8. The summed E-state index contributed by atoms with van der Waals surface area (Å²) >= 11 is 6.05. The van der Waals surface area contributed by atoms with Gasteiger partial charge in [-0.3, -0.25) is 4.79 Å². The van der Waals surface area contributed by atoms with Crippen molar-refractivity contribution in [3.63, 3.8) is 0 Å². The van der Waals surface area contributed by atoms with Gasteiger partial charge in [0.25, 0.3) is 5.91 Å². The summed E-state index contributed by atoms with van der Waals surface area (Å²) in [7, 11) is -2.57. The van der Waals surface area contributed by atoms with Crippen molar-refractivity contribution in [3.8, 4) is 0 Å². The maximum absolute atomic E-state index is 13.3. The van der Waals surface area contributed by atoms with Crippen LogP contribution >= 0.6 is 11.6 Å². The van der Waals surface area contributed by atoms with E-state index in [0.717, 1.165) is 25.0 Å². The molecule has 0 spiro atoms. The van der Waals surface area contributed by atoms with Crippen LogP contribution in [0.25, 0.3) is 0 Å². The van der Waals surface area contributed by atoms with E-state index in [2.05, 4.69) is 4.98 Å². The summed E-state index contributed by atoms with van der Waals surface area (Å²) in [6, 6.07) is 10.6. The second-order valence-corrected chi connectivity index (χ2v) is 11.1. The molecule has 0 N–H and O–H groups in total. The summed E-state index contributed by atoms with van der Waals surface area (Å²) in [5.41, 5.74) is -0.0191. The molecule has 0 atom stereocenters. The van der Waals surface area contributed by atoms with E-state index >= 15 is 0 Å². The highest BCUT2D eigenvalue weighted by Crippen LogP contribution is 2.39. The van der Waals surface area contributed by atoms with Gasteiger partial charge in [0.1, 0.15) is 0 Å². The Morgan fingerprint density at radius 2 is 1.92 bits per heavy atom. The highest BCUT2D eigenvalue weighted by molar-refractivity contribution is 7.90. The van der Waals surface area contributed by atoms with E-state index in [1.165, 1.54) is 30.3 Å². The van der Waals surface area contributed by atoms with Crippen molar-refractivity contribution in [2.45, 2.75) is 42.5 Å². The highest BCUT2D eigenvalue weighted by Gasteiger charge is 2.35. The van der Waals surface area contributed by atoms with E-state index in [0.29, 0.717) is 16.3 Å². The third-order valence-electron chi connectivity index (χ3n) is 5.92. The number of ether oxygens (including phenoxy) is 1. The number of halogens is 4. The summed E-state index contributed by atoms with van der Waals surface area (Å²) in [6.45, 7) is 0.561. The van der Waals surface area contributed by atoms with Gasteiger partial charge in [0.05, 0.1) is 36.4 Å². The zero-order valence-corrected chi connectivity index (χ0v) is 21.5. The van der Waals surface area contributed by atoms with E-state index in [-0.39, 0.29) is 42.4 Å². The fourth-order valence-electron chi connectivity index (χ4n) is 4.02. The van der Waals surface area contributed by atoms with Crippen LogP contribution in [-0.2, 0) is 33.0 Å². The lowest BCUT2D eigenvalue weighted by Gasteiger charge is -2.23. The summed E-state index contributed by atoms with van der Waals surface area (Å²) in [4.78, 5) is 18.9. The smallest absolute Gasteiger partial charge is 0.383 e. The molecule has 2 aromatic carbocycles. The van der Waals surface area contributed by atoms with Crippen LogP contribution < -0.4 is 0 Å². The molecule has 0 aliphatic heterocycles. The van der Waals surface area contributed by atoms with Gasteiger partial charge in [0, 0.05) is 30.3 Å². The number of benzene rings is 2. The molecular weight excluding hydrogens is 531 g/mol. The molecule has 198 valence electrons. The highest BCUT2D eigenvalue weighted by atomic mass is 35.5. The zero-order chi connectivity index (χ0) is 26.8. The predicted molar refractivity (Wildman–Crippen MR) is 131 cm³/mol. The molecule has 1 amide bonds. The number of rotatable bonds is 10. The SMILES string of the molecule is COCCN(Cc1cnc(S(=O)(=O)Cc2cccc(C(F)(F)F)c2)n1C1CC1)C(=O)c1cccc(Cl)c1. The van der Waals surface area contributed by atoms with Crippen molar-refractivity contribution in [1.82, 2.24) is 14.5 Å². The zero-order valence-electron chi connectivity index (χ0n) is 19.9. The minimum Gasteiger partial charge on any atom is -0.383 e. The molecule has 12 heteroatoms. The third kappa shape index (κ3) is 6.52. The molecule has 1 aromatic heterocycles. The molecule has 0 radical (unpaired) electrons. The number of imidazole rings is 1. The maximum Gasteiger partial charge on any atom is 0.416 e. The van der Waals surface area contributed by atoms with Crippen LogP contribution in [-0.4, -0.2) is 49.0 Å². The Bertz CT molecular complexity index is 1390. The van der Waals surface area contributed by atoms with Crippen LogP contribution in [0.3, 0.4) is 0 Å². The molecule has 1 heterocycles. The molecule has 1 saturated carbocycles. The maximum atomic E-state index is 13.3. The van der Waals surface area contributed by atoms with E-state index < -0.39 is 27.3 Å². The number of hydrogen-bond donors (Lipinski definition) is 0. The number of carbonyl (C=O) groups is 1. The van der Waals surface area contributed by atoms with Crippen LogP contribution in [0.1, 0.15) is 46.1 Å². The Kier molecular flexibility index (Phi) is 7.96. The van der Waals surface area contributed by atoms with Gasteiger partial charge in [0.2, 0.25) is 15.0 Å². The Morgan fingerprint density at radius 1 is 1.19 bits per heavy atom. The molecule has 0 unspecified atom stereocenters. The van der Waals surface area contributed by atoms with Crippen molar-refractivity contribution in [1.29, 1.82) is 0 Å². The molecule has 4 rings (SSSR count). The molecule has 0 bridgehead atoms. The Labute approximate surface area is 217 Å². The average molecular weight is 556 g/mol. The number of aromatic nitrogens is 2. The molecule has 1 fully saturated rings. The van der Waals surface area contributed by atoms with Gasteiger partial charge < -0.3 is 14.2 Å². The first-order chi connectivity index (χ1) is 17.5. The van der Waals surface area contributed by atoms with E-state index in [1.807, 2.05) is 0 Å². The number of alkyl halides is 3. The molecule has 0 saturated heterocycles. The quantitative estimate of drug-likeness (QED) is 0.345. The van der Waals surface area contributed by atoms with E-state index in [4.69, 9.17) is 16.3 Å². The molecule has 3 aromatic rings. The molecule has 37 heavy (non-hydrogen) atoms. The number of methoxy groups -OCH3 is 1. The fourth-order valence-corrected chi connectivity index (χ4v) is 5.74. The van der Waals surface area contributed by atoms with Crippen LogP contribution in [0.2, 0.25) is 5.02 Å². The fraction of sp³-hybridized carbons (Fsp3) is 0.360. The van der Waals surface area contributed by atoms with Crippen LogP contribution in [0.4, 0.5) is 13.2 Å². The van der Waals surface area contributed by atoms with Gasteiger partial charge >= 0.3 is 6.18 Å². The van der Waals surface area contributed by atoms with Gasteiger partial charge in [-0.25, -0.2) is 13.4 Å². The number of hydrogen-bond acceptors (Lipinski definition) is 5. The lowest BCUT2D eigenvalue weighted by molar-refractivity contribution is -0.137. The van der Waals surface area contributed by atoms with Gasteiger partial charge in [-0.2, -0.15) is 13.2 Å². The number of sulfone groups is 1.